The highest BCUT2D eigenvalue weighted by molar-refractivity contribution is 5.87. The summed E-state index contributed by atoms with van der Waals surface area (Å²) in [6.07, 6.45) is 3.92. The molecule has 1 saturated carbocycles. The maximum Gasteiger partial charge on any atom is 0.329 e. The molecule has 0 spiro atoms. The van der Waals surface area contributed by atoms with Gasteiger partial charge in [0, 0.05) is 13.1 Å². The molecule has 2 aliphatic rings. The van der Waals surface area contributed by atoms with E-state index >= 15 is 0 Å². The molecular formula is C15H26N2O4. The second kappa shape index (κ2) is 7.22. The molecule has 1 saturated heterocycles. The number of aliphatic carboxylic acids is 1. The molecule has 6 nitrogen and oxygen atoms in total. The summed E-state index contributed by atoms with van der Waals surface area (Å²) in [5, 5.41) is 15.5. The number of hydrogen-bond acceptors (Lipinski definition) is 4. The maximum atomic E-state index is 12.2. The summed E-state index contributed by atoms with van der Waals surface area (Å²) < 4.78 is 5.49. The third kappa shape index (κ3) is 4.17. The van der Waals surface area contributed by atoms with E-state index in [-0.39, 0.29) is 18.4 Å². The molecule has 0 aromatic carbocycles. The Bertz CT molecular complexity index is 372. The molecule has 1 amide bonds. The molecule has 1 aliphatic heterocycles. The molecule has 2 fully saturated rings. The fourth-order valence-corrected chi connectivity index (χ4v) is 3.25. The van der Waals surface area contributed by atoms with Crippen LogP contribution in [-0.2, 0) is 14.3 Å². The first-order valence-corrected chi connectivity index (χ1v) is 7.92. The van der Waals surface area contributed by atoms with Crippen LogP contribution < -0.4 is 10.6 Å². The van der Waals surface area contributed by atoms with Crippen LogP contribution in [0.25, 0.3) is 0 Å². The van der Waals surface area contributed by atoms with Crippen molar-refractivity contribution >= 4 is 11.9 Å². The van der Waals surface area contributed by atoms with Crippen LogP contribution >= 0.6 is 0 Å². The first kappa shape index (κ1) is 16.2. The molecule has 0 aromatic rings. The quantitative estimate of drug-likeness (QED) is 0.702. The topological polar surface area (TPSA) is 87.7 Å². The van der Waals surface area contributed by atoms with E-state index in [2.05, 4.69) is 17.6 Å². The number of carbonyl (C=O) groups is 2. The van der Waals surface area contributed by atoms with Gasteiger partial charge in [0.1, 0.15) is 5.54 Å². The lowest BCUT2D eigenvalue weighted by Gasteiger charge is -2.37. The smallest absolute Gasteiger partial charge is 0.329 e. The lowest BCUT2D eigenvalue weighted by molar-refractivity contribution is -0.150. The molecule has 6 heteroatoms. The summed E-state index contributed by atoms with van der Waals surface area (Å²) in [5.74, 6) is -0.547. The Labute approximate surface area is 125 Å². The second-order valence-electron chi connectivity index (χ2n) is 6.19. The first-order valence-electron chi connectivity index (χ1n) is 7.92. The molecule has 120 valence electrons. The second-order valence-corrected chi connectivity index (χ2v) is 6.19. The summed E-state index contributed by atoms with van der Waals surface area (Å²) in [7, 11) is 0. The molecule has 0 radical (unpaired) electrons. The van der Waals surface area contributed by atoms with Crippen LogP contribution in [0.2, 0.25) is 0 Å². The van der Waals surface area contributed by atoms with Crippen molar-refractivity contribution in [2.45, 2.75) is 57.1 Å². The zero-order valence-corrected chi connectivity index (χ0v) is 12.7. The average molecular weight is 298 g/mol. The molecular weight excluding hydrogens is 272 g/mol. The normalized spacial score (nSPS) is 33.4. The van der Waals surface area contributed by atoms with Crippen LogP contribution in [0.3, 0.4) is 0 Å². The minimum atomic E-state index is -1.08. The summed E-state index contributed by atoms with van der Waals surface area (Å²) in [6, 6.07) is 0. The molecule has 0 bridgehead atoms. The number of ether oxygens (including phenoxy) is 1. The van der Waals surface area contributed by atoms with E-state index in [0.717, 1.165) is 25.8 Å². The molecule has 1 heterocycles. The van der Waals surface area contributed by atoms with Crippen LogP contribution in [-0.4, -0.2) is 48.3 Å². The van der Waals surface area contributed by atoms with Crippen molar-refractivity contribution in [3.63, 3.8) is 0 Å². The van der Waals surface area contributed by atoms with Crippen LogP contribution in [0, 0.1) is 5.92 Å². The van der Waals surface area contributed by atoms with Gasteiger partial charge in [-0.3, -0.25) is 4.79 Å². The van der Waals surface area contributed by atoms with Crippen LogP contribution in [0.5, 0.6) is 0 Å². The van der Waals surface area contributed by atoms with Crippen LogP contribution in [0.4, 0.5) is 0 Å². The standard InChI is InChI=1S/C15H26N2O4/c1-2-11-3-5-15(6-4-11,14(19)20)17-13(18)9-12-10-16-7-8-21-12/h11-12,16H,2-10H2,1H3,(H,17,18)(H,19,20). The van der Waals surface area contributed by atoms with Gasteiger partial charge in [-0.2, -0.15) is 0 Å². The van der Waals surface area contributed by atoms with E-state index in [1.807, 2.05) is 0 Å². The van der Waals surface area contributed by atoms with Crippen molar-refractivity contribution in [2.24, 2.45) is 5.92 Å². The van der Waals surface area contributed by atoms with Gasteiger partial charge in [0.05, 0.1) is 19.1 Å². The Morgan fingerprint density at radius 1 is 1.38 bits per heavy atom. The van der Waals surface area contributed by atoms with Gasteiger partial charge in [-0.1, -0.05) is 13.3 Å². The molecule has 2 rings (SSSR count). The van der Waals surface area contributed by atoms with Crippen molar-refractivity contribution in [1.82, 2.24) is 10.6 Å². The summed E-state index contributed by atoms with van der Waals surface area (Å²) in [6.45, 7) is 4.17. The Kier molecular flexibility index (Phi) is 5.58. The van der Waals surface area contributed by atoms with E-state index in [9.17, 15) is 14.7 Å². The lowest BCUT2D eigenvalue weighted by Crippen LogP contribution is -2.57. The van der Waals surface area contributed by atoms with Gasteiger partial charge >= 0.3 is 5.97 Å². The predicted octanol–water partition coefficient (Wildman–Crippen LogP) is 0.905. The first-order chi connectivity index (χ1) is 10.1. The monoisotopic (exact) mass is 298 g/mol. The average Bonchev–Trinajstić information content (AvgIpc) is 2.48. The van der Waals surface area contributed by atoms with Crippen molar-refractivity contribution in [3.05, 3.63) is 0 Å². The molecule has 1 aliphatic carbocycles. The van der Waals surface area contributed by atoms with Gasteiger partial charge in [-0.05, 0) is 31.6 Å². The van der Waals surface area contributed by atoms with Crippen molar-refractivity contribution in [3.8, 4) is 0 Å². The van der Waals surface area contributed by atoms with E-state index < -0.39 is 11.5 Å². The van der Waals surface area contributed by atoms with Crippen molar-refractivity contribution in [1.29, 1.82) is 0 Å². The molecule has 1 unspecified atom stereocenters. The Morgan fingerprint density at radius 3 is 2.62 bits per heavy atom. The number of morpholine rings is 1. The lowest BCUT2D eigenvalue weighted by atomic mass is 9.75. The van der Waals surface area contributed by atoms with Crippen LogP contribution in [0.15, 0.2) is 0 Å². The SMILES string of the molecule is CCC1CCC(NC(=O)CC2CNCCO2)(C(=O)O)CC1. The Morgan fingerprint density at radius 2 is 2.10 bits per heavy atom. The van der Waals surface area contributed by atoms with Gasteiger partial charge in [-0.15, -0.1) is 0 Å². The zero-order valence-electron chi connectivity index (χ0n) is 12.7. The van der Waals surface area contributed by atoms with Gasteiger partial charge in [0.15, 0.2) is 0 Å². The third-order valence-corrected chi connectivity index (χ3v) is 4.74. The highest BCUT2D eigenvalue weighted by atomic mass is 16.5. The highest BCUT2D eigenvalue weighted by Crippen LogP contribution is 2.34. The largest absolute Gasteiger partial charge is 0.480 e. The third-order valence-electron chi connectivity index (χ3n) is 4.74. The predicted molar refractivity (Wildman–Crippen MR) is 78.0 cm³/mol. The number of carboxylic acid groups (broad SMARTS) is 1. The van der Waals surface area contributed by atoms with E-state index in [0.29, 0.717) is 31.9 Å². The van der Waals surface area contributed by atoms with Crippen LogP contribution in [0.1, 0.15) is 45.4 Å². The molecule has 3 N–H and O–H groups in total. The van der Waals surface area contributed by atoms with Crippen molar-refractivity contribution < 1.29 is 19.4 Å². The molecule has 0 aromatic heterocycles. The number of carbonyl (C=O) groups excluding carboxylic acids is 1. The minimum Gasteiger partial charge on any atom is -0.480 e. The van der Waals surface area contributed by atoms with E-state index in [1.54, 1.807) is 0 Å². The number of amides is 1. The fraction of sp³-hybridized carbons (Fsp3) is 0.867. The molecule has 1 atom stereocenters. The number of rotatable bonds is 5. The summed E-state index contributed by atoms with van der Waals surface area (Å²) in [4.78, 5) is 23.8. The Hall–Kier alpha value is -1.14. The number of nitrogens with one attached hydrogen (secondary N) is 2. The summed E-state index contributed by atoms with van der Waals surface area (Å²) >= 11 is 0. The van der Waals surface area contributed by atoms with Gasteiger partial charge in [-0.25, -0.2) is 4.79 Å². The van der Waals surface area contributed by atoms with Gasteiger partial charge in [0.2, 0.25) is 5.91 Å². The van der Waals surface area contributed by atoms with Gasteiger partial charge < -0.3 is 20.5 Å². The van der Waals surface area contributed by atoms with E-state index in [1.165, 1.54) is 0 Å². The number of hydrogen-bond donors (Lipinski definition) is 3. The minimum absolute atomic E-state index is 0.156. The molecule has 21 heavy (non-hydrogen) atoms. The Balaban J connectivity index is 1.90. The highest BCUT2D eigenvalue weighted by Gasteiger charge is 2.43. The fourth-order valence-electron chi connectivity index (χ4n) is 3.25. The zero-order chi connectivity index (χ0) is 15.3. The maximum absolute atomic E-state index is 12.2. The summed E-state index contributed by atoms with van der Waals surface area (Å²) in [5.41, 5.74) is -1.08. The van der Waals surface area contributed by atoms with E-state index in [4.69, 9.17) is 4.74 Å². The van der Waals surface area contributed by atoms with Crippen molar-refractivity contribution in [2.75, 3.05) is 19.7 Å². The van der Waals surface area contributed by atoms with Gasteiger partial charge in [0.25, 0.3) is 0 Å². The number of carboxylic acids is 1.